The van der Waals surface area contributed by atoms with Crippen LogP contribution in [0.1, 0.15) is 38.5 Å². The number of fused-ring (bicyclic) bond motifs is 1. The summed E-state index contributed by atoms with van der Waals surface area (Å²) in [5.74, 6) is 0.846. The minimum absolute atomic E-state index is 0.474. The molecule has 1 aliphatic carbocycles. The molecule has 3 heterocycles. The second kappa shape index (κ2) is 6.66. The fraction of sp³-hybridized carbons (Fsp3) is 0.588. The highest BCUT2D eigenvalue weighted by molar-refractivity contribution is 5.61. The zero-order valence-corrected chi connectivity index (χ0v) is 13.5. The molecule has 6 heteroatoms. The molecule has 2 aromatic heterocycles. The lowest BCUT2D eigenvalue weighted by Gasteiger charge is -2.33. The number of nitrogens with one attached hydrogen (secondary N) is 1. The Balaban J connectivity index is 1.33. The van der Waals surface area contributed by atoms with Crippen molar-refractivity contribution in [3.63, 3.8) is 0 Å². The van der Waals surface area contributed by atoms with Crippen LogP contribution in [0.15, 0.2) is 30.4 Å². The number of allylic oxidation sites excluding steroid dienone is 1. The predicted molar refractivity (Wildman–Crippen MR) is 90.4 cm³/mol. The third kappa shape index (κ3) is 3.37. The van der Waals surface area contributed by atoms with Crippen LogP contribution in [-0.2, 0) is 0 Å². The summed E-state index contributed by atoms with van der Waals surface area (Å²) in [6, 6.07) is 0.474. The summed E-state index contributed by atoms with van der Waals surface area (Å²) >= 11 is 0. The third-order valence-electron chi connectivity index (χ3n) is 4.96. The van der Waals surface area contributed by atoms with Gasteiger partial charge in [0, 0.05) is 38.1 Å². The second-order valence-corrected chi connectivity index (χ2v) is 6.64. The summed E-state index contributed by atoms with van der Waals surface area (Å²) in [6.45, 7) is 3.49. The number of likely N-dealkylation sites (tertiary alicyclic amines) is 1. The summed E-state index contributed by atoms with van der Waals surface area (Å²) in [5, 5.41) is 11.7. The molecule has 0 saturated carbocycles. The Morgan fingerprint density at radius 1 is 1.22 bits per heavy atom. The van der Waals surface area contributed by atoms with Crippen molar-refractivity contribution in [1.29, 1.82) is 0 Å². The van der Waals surface area contributed by atoms with Crippen molar-refractivity contribution in [3.05, 3.63) is 30.4 Å². The van der Waals surface area contributed by atoms with E-state index < -0.39 is 0 Å². The van der Waals surface area contributed by atoms with Gasteiger partial charge in [-0.2, -0.15) is 0 Å². The maximum absolute atomic E-state index is 4.43. The maximum atomic E-state index is 4.43. The first-order valence-corrected chi connectivity index (χ1v) is 8.69. The van der Waals surface area contributed by atoms with Gasteiger partial charge in [-0.3, -0.25) is 9.30 Å². The van der Waals surface area contributed by atoms with Crippen LogP contribution in [0.4, 0.5) is 5.82 Å². The van der Waals surface area contributed by atoms with Crippen molar-refractivity contribution >= 4 is 11.5 Å². The first-order valence-electron chi connectivity index (χ1n) is 8.69. The van der Waals surface area contributed by atoms with E-state index in [-0.39, 0.29) is 0 Å². The average molecular weight is 312 g/mol. The fourth-order valence-electron chi connectivity index (χ4n) is 3.62. The van der Waals surface area contributed by atoms with Gasteiger partial charge < -0.3 is 5.32 Å². The highest BCUT2D eigenvalue weighted by atomic mass is 15.3. The van der Waals surface area contributed by atoms with E-state index in [0.29, 0.717) is 6.04 Å². The van der Waals surface area contributed by atoms with Crippen LogP contribution in [0.5, 0.6) is 0 Å². The number of anilines is 1. The highest BCUT2D eigenvalue weighted by Crippen LogP contribution is 2.22. The lowest BCUT2D eigenvalue weighted by atomic mass is 9.98. The normalized spacial score (nSPS) is 20.6. The van der Waals surface area contributed by atoms with Crippen molar-refractivity contribution in [2.45, 2.75) is 44.6 Å². The Kier molecular flexibility index (Phi) is 4.24. The first-order chi connectivity index (χ1) is 11.4. The summed E-state index contributed by atoms with van der Waals surface area (Å²) in [4.78, 5) is 7.03. The first kappa shape index (κ1) is 14.6. The van der Waals surface area contributed by atoms with E-state index in [1.165, 1.54) is 32.2 Å². The highest BCUT2D eigenvalue weighted by Gasteiger charge is 2.21. The van der Waals surface area contributed by atoms with E-state index >= 15 is 0 Å². The van der Waals surface area contributed by atoms with Gasteiger partial charge in [0.2, 0.25) is 5.65 Å². The molecular formula is C17H24N6. The van der Waals surface area contributed by atoms with Crippen LogP contribution in [0, 0.1) is 0 Å². The standard InChI is InChI=1S/C17H24N6/c1-2-4-14(5-3-1)12-22-9-6-15(7-10-22)20-16-17-21-19-13-23(17)11-8-18-16/h4,8,11,13,15H,1-3,5-7,9-10,12H2,(H,18,20). The summed E-state index contributed by atoms with van der Waals surface area (Å²) in [6.07, 6.45) is 15.5. The largest absolute Gasteiger partial charge is 0.364 e. The van der Waals surface area contributed by atoms with Gasteiger partial charge in [0.05, 0.1) is 0 Å². The molecule has 2 aliphatic rings. The molecule has 0 atom stereocenters. The topological polar surface area (TPSA) is 58.4 Å². The van der Waals surface area contributed by atoms with E-state index in [1.807, 2.05) is 10.6 Å². The average Bonchev–Trinajstić information content (AvgIpc) is 3.07. The molecule has 0 unspecified atom stereocenters. The van der Waals surface area contributed by atoms with Gasteiger partial charge in [0.25, 0.3) is 0 Å². The van der Waals surface area contributed by atoms with Crippen molar-refractivity contribution in [2.75, 3.05) is 25.0 Å². The van der Waals surface area contributed by atoms with Crippen LogP contribution in [-0.4, -0.2) is 50.2 Å². The Morgan fingerprint density at radius 2 is 2.13 bits per heavy atom. The SMILES string of the molecule is C1=C(CN2CCC(Nc3nccn4cnnc34)CC2)CCCC1. The van der Waals surface area contributed by atoms with Crippen molar-refractivity contribution in [3.8, 4) is 0 Å². The molecule has 2 aromatic rings. The van der Waals surface area contributed by atoms with E-state index in [9.17, 15) is 0 Å². The molecule has 1 saturated heterocycles. The number of hydrogen-bond donors (Lipinski definition) is 1. The van der Waals surface area contributed by atoms with Crippen LogP contribution < -0.4 is 5.32 Å². The second-order valence-electron chi connectivity index (χ2n) is 6.64. The van der Waals surface area contributed by atoms with E-state index in [0.717, 1.165) is 37.4 Å². The van der Waals surface area contributed by atoms with Gasteiger partial charge in [-0.1, -0.05) is 11.6 Å². The molecule has 1 fully saturated rings. The van der Waals surface area contributed by atoms with E-state index in [4.69, 9.17) is 0 Å². The minimum atomic E-state index is 0.474. The summed E-state index contributed by atoms with van der Waals surface area (Å²) in [5.41, 5.74) is 2.46. The molecule has 1 aliphatic heterocycles. The van der Waals surface area contributed by atoms with Gasteiger partial charge in [0.1, 0.15) is 6.33 Å². The summed E-state index contributed by atoms with van der Waals surface area (Å²) in [7, 11) is 0. The fourth-order valence-corrected chi connectivity index (χ4v) is 3.62. The lowest BCUT2D eigenvalue weighted by molar-refractivity contribution is 0.232. The molecular weight excluding hydrogens is 288 g/mol. The molecule has 0 bridgehead atoms. The van der Waals surface area contributed by atoms with E-state index in [2.05, 4.69) is 31.5 Å². The zero-order valence-electron chi connectivity index (χ0n) is 13.5. The molecule has 1 N–H and O–H groups in total. The Bertz CT molecular complexity index is 683. The van der Waals surface area contributed by atoms with Crippen LogP contribution in [0.25, 0.3) is 5.65 Å². The third-order valence-corrected chi connectivity index (χ3v) is 4.96. The minimum Gasteiger partial charge on any atom is -0.364 e. The monoisotopic (exact) mass is 312 g/mol. The number of piperidine rings is 1. The van der Waals surface area contributed by atoms with Gasteiger partial charge in [-0.05, 0) is 38.5 Å². The van der Waals surface area contributed by atoms with Crippen LogP contribution >= 0.6 is 0 Å². The molecule has 23 heavy (non-hydrogen) atoms. The van der Waals surface area contributed by atoms with Crippen LogP contribution in [0.2, 0.25) is 0 Å². The van der Waals surface area contributed by atoms with Crippen molar-refractivity contribution in [1.82, 2.24) is 24.5 Å². The quantitative estimate of drug-likeness (QED) is 0.879. The zero-order chi connectivity index (χ0) is 15.5. The number of aromatic nitrogens is 4. The molecule has 6 nitrogen and oxygen atoms in total. The molecule has 0 spiro atoms. The molecule has 4 rings (SSSR count). The van der Waals surface area contributed by atoms with Crippen molar-refractivity contribution in [2.24, 2.45) is 0 Å². The Hall–Kier alpha value is -1.95. The Labute approximate surface area is 136 Å². The predicted octanol–water partition coefficient (Wildman–Crippen LogP) is 2.50. The van der Waals surface area contributed by atoms with Gasteiger partial charge in [0.15, 0.2) is 5.82 Å². The van der Waals surface area contributed by atoms with Crippen molar-refractivity contribution < 1.29 is 0 Å². The Morgan fingerprint density at radius 3 is 2.96 bits per heavy atom. The molecule has 0 amide bonds. The van der Waals surface area contributed by atoms with Crippen LogP contribution in [0.3, 0.4) is 0 Å². The number of rotatable bonds is 4. The molecule has 122 valence electrons. The number of nitrogens with zero attached hydrogens (tertiary/aromatic N) is 5. The van der Waals surface area contributed by atoms with Gasteiger partial charge in [-0.15, -0.1) is 10.2 Å². The maximum Gasteiger partial charge on any atom is 0.203 e. The molecule has 0 radical (unpaired) electrons. The lowest BCUT2D eigenvalue weighted by Crippen LogP contribution is -2.40. The molecule has 0 aromatic carbocycles. The summed E-state index contributed by atoms with van der Waals surface area (Å²) < 4.78 is 1.90. The van der Waals surface area contributed by atoms with E-state index in [1.54, 1.807) is 18.1 Å². The number of hydrogen-bond acceptors (Lipinski definition) is 5. The van der Waals surface area contributed by atoms with Gasteiger partial charge in [-0.25, -0.2) is 4.98 Å². The smallest absolute Gasteiger partial charge is 0.203 e. The van der Waals surface area contributed by atoms with Gasteiger partial charge >= 0.3 is 0 Å².